The molecule has 6 heteroatoms. The number of aryl methyl sites for hydroxylation is 2. The van der Waals surface area contributed by atoms with Crippen LogP contribution in [0.15, 0.2) is 37.2 Å². The van der Waals surface area contributed by atoms with E-state index in [0.29, 0.717) is 0 Å². The molecule has 5 nitrogen and oxygen atoms in total. The van der Waals surface area contributed by atoms with Crippen LogP contribution in [0.4, 0.5) is 0 Å². The van der Waals surface area contributed by atoms with Crippen LogP contribution in [0.2, 0.25) is 0 Å². The smallest absolute Gasteiger partial charge is 0.178 e. The summed E-state index contributed by atoms with van der Waals surface area (Å²) in [7, 11) is 0. The molecule has 3 aromatic rings. The van der Waals surface area contributed by atoms with Crippen LogP contribution in [0.1, 0.15) is 6.42 Å². The second-order valence-corrected chi connectivity index (χ2v) is 4.52. The van der Waals surface area contributed by atoms with Crippen LogP contribution in [-0.4, -0.2) is 24.1 Å². The highest BCUT2D eigenvalue weighted by molar-refractivity contribution is 7.71. The van der Waals surface area contributed by atoms with E-state index in [-0.39, 0.29) is 0 Å². The third-order valence-electron chi connectivity index (χ3n) is 2.93. The molecule has 0 aliphatic rings. The molecule has 0 amide bonds. The van der Waals surface area contributed by atoms with Gasteiger partial charge in [0.25, 0.3) is 0 Å². The van der Waals surface area contributed by atoms with Gasteiger partial charge < -0.3 is 14.1 Å². The number of H-pyrrole nitrogens is 1. The van der Waals surface area contributed by atoms with Crippen LogP contribution in [0.5, 0.6) is 0 Å². The van der Waals surface area contributed by atoms with Crippen molar-refractivity contribution in [2.45, 2.75) is 19.5 Å². The largest absolute Gasteiger partial charge is 0.337 e. The van der Waals surface area contributed by atoms with Crippen molar-refractivity contribution in [3.8, 4) is 0 Å². The number of hydrogen-bond acceptors (Lipinski definition) is 3. The van der Waals surface area contributed by atoms with Gasteiger partial charge >= 0.3 is 0 Å². The molecule has 0 unspecified atom stereocenters. The third kappa shape index (κ3) is 2.06. The minimum Gasteiger partial charge on any atom is -0.337 e. The van der Waals surface area contributed by atoms with Gasteiger partial charge in [-0.2, -0.15) is 0 Å². The van der Waals surface area contributed by atoms with E-state index < -0.39 is 0 Å². The van der Waals surface area contributed by atoms with Crippen molar-refractivity contribution in [3.05, 3.63) is 42.0 Å². The molecule has 0 aliphatic carbocycles. The molecular weight excluding hydrogens is 246 g/mol. The molecule has 18 heavy (non-hydrogen) atoms. The molecule has 0 spiro atoms. The Bertz CT molecular complexity index is 695. The van der Waals surface area contributed by atoms with Gasteiger partial charge in [-0.25, -0.2) is 4.98 Å². The van der Waals surface area contributed by atoms with E-state index in [1.54, 1.807) is 18.6 Å². The predicted octanol–water partition coefficient (Wildman–Crippen LogP) is 2.38. The molecule has 92 valence electrons. The summed E-state index contributed by atoms with van der Waals surface area (Å²) >= 11 is 5.33. The summed E-state index contributed by atoms with van der Waals surface area (Å²) in [6.45, 7) is 1.83. The van der Waals surface area contributed by atoms with Crippen LogP contribution in [-0.2, 0) is 13.1 Å². The summed E-state index contributed by atoms with van der Waals surface area (Å²) < 4.78 is 4.94. The number of rotatable bonds is 4. The number of pyridine rings is 1. The lowest BCUT2D eigenvalue weighted by Gasteiger charge is -2.05. The van der Waals surface area contributed by atoms with Gasteiger partial charge in [-0.3, -0.25) is 4.98 Å². The van der Waals surface area contributed by atoms with Crippen molar-refractivity contribution >= 4 is 23.3 Å². The highest BCUT2D eigenvalue weighted by Crippen LogP contribution is 2.12. The molecule has 0 fully saturated rings. The first-order valence-corrected chi connectivity index (χ1v) is 6.24. The van der Waals surface area contributed by atoms with E-state index in [4.69, 9.17) is 12.2 Å². The Morgan fingerprint density at radius 1 is 1.22 bits per heavy atom. The zero-order valence-electron chi connectivity index (χ0n) is 9.78. The SMILES string of the molecule is S=c1[nH]c2cnccc2n1CCCn1ccnc1. The molecule has 1 N–H and O–H groups in total. The molecule has 0 atom stereocenters. The summed E-state index contributed by atoms with van der Waals surface area (Å²) in [6, 6.07) is 1.98. The molecule has 0 radical (unpaired) electrons. The number of aromatic amines is 1. The highest BCUT2D eigenvalue weighted by atomic mass is 32.1. The molecule has 3 heterocycles. The first kappa shape index (κ1) is 11.2. The predicted molar refractivity (Wildman–Crippen MR) is 71.8 cm³/mol. The Hall–Kier alpha value is -1.95. The van der Waals surface area contributed by atoms with Crippen molar-refractivity contribution in [1.82, 2.24) is 24.1 Å². The van der Waals surface area contributed by atoms with Crippen molar-refractivity contribution < 1.29 is 0 Å². The molecule has 3 aromatic heterocycles. The Labute approximate surface area is 109 Å². The fourth-order valence-electron chi connectivity index (χ4n) is 2.06. The molecule has 0 saturated heterocycles. The zero-order chi connectivity index (χ0) is 12.4. The van der Waals surface area contributed by atoms with Gasteiger partial charge in [0.2, 0.25) is 0 Å². The monoisotopic (exact) mass is 259 g/mol. The summed E-state index contributed by atoms with van der Waals surface area (Å²) in [5.41, 5.74) is 2.10. The van der Waals surface area contributed by atoms with Gasteiger partial charge in [0.05, 0.1) is 23.6 Å². The van der Waals surface area contributed by atoms with Crippen molar-refractivity contribution in [1.29, 1.82) is 0 Å². The molecule has 0 aliphatic heterocycles. The first-order valence-electron chi connectivity index (χ1n) is 5.83. The lowest BCUT2D eigenvalue weighted by atomic mass is 10.3. The number of fused-ring (bicyclic) bond motifs is 1. The van der Waals surface area contributed by atoms with E-state index in [0.717, 1.165) is 35.3 Å². The number of aromatic nitrogens is 5. The maximum absolute atomic E-state index is 5.33. The average Bonchev–Trinajstić information content (AvgIpc) is 2.98. The average molecular weight is 259 g/mol. The second-order valence-electron chi connectivity index (χ2n) is 4.13. The molecule has 3 rings (SSSR count). The summed E-state index contributed by atoms with van der Waals surface area (Å²) in [5.74, 6) is 0. The van der Waals surface area contributed by atoms with Crippen LogP contribution >= 0.6 is 12.2 Å². The molecular formula is C12H13N5S. The number of hydrogen-bond donors (Lipinski definition) is 1. The van der Waals surface area contributed by atoms with Crippen LogP contribution in [0.3, 0.4) is 0 Å². The van der Waals surface area contributed by atoms with E-state index in [1.807, 2.05) is 18.6 Å². The Morgan fingerprint density at radius 2 is 2.17 bits per heavy atom. The van der Waals surface area contributed by atoms with Gasteiger partial charge in [0, 0.05) is 31.7 Å². The van der Waals surface area contributed by atoms with E-state index in [9.17, 15) is 0 Å². The Balaban J connectivity index is 1.78. The van der Waals surface area contributed by atoms with Crippen molar-refractivity contribution in [2.24, 2.45) is 0 Å². The van der Waals surface area contributed by atoms with E-state index in [2.05, 4.69) is 24.1 Å². The van der Waals surface area contributed by atoms with Crippen LogP contribution < -0.4 is 0 Å². The lowest BCUT2D eigenvalue weighted by molar-refractivity contribution is 0.568. The Morgan fingerprint density at radius 3 is 3.00 bits per heavy atom. The van der Waals surface area contributed by atoms with Gasteiger partial charge in [0.1, 0.15) is 0 Å². The quantitative estimate of drug-likeness (QED) is 0.732. The highest BCUT2D eigenvalue weighted by Gasteiger charge is 2.03. The summed E-state index contributed by atoms with van der Waals surface area (Å²) in [5, 5.41) is 0. The minimum absolute atomic E-state index is 0.753. The Kier molecular flexibility index (Phi) is 2.93. The zero-order valence-corrected chi connectivity index (χ0v) is 10.6. The van der Waals surface area contributed by atoms with Crippen LogP contribution in [0, 0.1) is 4.77 Å². The normalized spacial score (nSPS) is 11.1. The molecule has 0 aromatic carbocycles. The minimum atomic E-state index is 0.753. The van der Waals surface area contributed by atoms with Gasteiger partial charge in [-0.05, 0) is 24.7 Å². The number of nitrogens with one attached hydrogen (secondary N) is 1. The fourth-order valence-corrected chi connectivity index (χ4v) is 2.36. The van der Waals surface area contributed by atoms with Crippen molar-refractivity contribution in [2.75, 3.05) is 0 Å². The maximum atomic E-state index is 5.33. The number of nitrogens with zero attached hydrogens (tertiary/aromatic N) is 4. The van der Waals surface area contributed by atoms with Crippen LogP contribution in [0.25, 0.3) is 11.0 Å². The van der Waals surface area contributed by atoms with Gasteiger partial charge in [-0.15, -0.1) is 0 Å². The maximum Gasteiger partial charge on any atom is 0.178 e. The van der Waals surface area contributed by atoms with E-state index >= 15 is 0 Å². The van der Waals surface area contributed by atoms with Gasteiger partial charge in [-0.1, -0.05) is 0 Å². The van der Waals surface area contributed by atoms with E-state index in [1.165, 1.54) is 0 Å². The summed E-state index contributed by atoms with van der Waals surface area (Å²) in [6.07, 6.45) is 10.2. The standard InChI is InChI=1S/C12H13N5S/c18-12-15-10-8-13-3-2-11(10)17(12)6-1-5-16-7-4-14-9-16/h2-4,7-9H,1,5-6H2,(H,15,18). The summed E-state index contributed by atoms with van der Waals surface area (Å²) in [4.78, 5) is 11.3. The van der Waals surface area contributed by atoms with Crippen molar-refractivity contribution in [3.63, 3.8) is 0 Å². The molecule has 0 bridgehead atoms. The number of imidazole rings is 2. The first-order chi connectivity index (χ1) is 8.84. The lowest BCUT2D eigenvalue weighted by Crippen LogP contribution is -2.02. The topological polar surface area (TPSA) is 51.4 Å². The van der Waals surface area contributed by atoms with Gasteiger partial charge in [0.15, 0.2) is 4.77 Å². The third-order valence-corrected chi connectivity index (χ3v) is 3.26. The molecule has 0 saturated carbocycles. The second kappa shape index (κ2) is 4.73. The fraction of sp³-hybridized carbons (Fsp3) is 0.250.